The van der Waals surface area contributed by atoms with Crippen LogP contribution in [0.3, 0.4) is 0 Å². The molecule has 0 saturated carbocycles. The minimum atomic E-state index is -0.159. The smallest absolute Gasteiger partial charge is 0.272 e. The van der Waals surface area contributed by atoms with Crippen molar-refractivity contribution < 1.29 is 9.59 Å². The summed E-state index contributed by atoms with van der Waals surface area (Å²) in [6, 6.07) is 14.9. The van der Waals surface area contributed by atoms with Gasteiger partial charge in [0.2, 0.25) is 5.91 Å². The van der Waals surface area contributed by atoms with E-state index >= 15 is 0 Å². The molecule has 0 atom stereocenters. The lowest BCUT2D eigenvalue weighted by Crippen LogP contribution is -2.17. The minimum absolute atomic E-state index is 0.00631. The monoisotopic (exact) mass is 381 g/mol. The van der Waals surface area contributed by atoms with Crippen LogP contribution in [0.2, 0.25) is 0 Å². The molecule has 0 spiro atoms. The molecule has 27 heavy (non-hydrogen) atoms. The lowest BCUT2D eigenvalue weighted by atomic mass is 10.1. The van der Waals surface area contributed by atoms with Crippen molar-refractivity contribution in [3.63, 3.8) is 0 Å². The summed E-state index contributed by atoms with van der Waals surface area (Å²) in [4.78, 5) is 25.6. The quantitative estimate of drug-likeness (QED) is 0.615. The van der Waals surface area contributed by atoms with Crippen LogP contribution in [0, 0.1) is 5.92 Å². The lowest BCUT2D eigenvalue weighted by molar-refractivity contribution is -0.116. The third-order valence-corrected chi connectivity index (χ3v) is 4.85. The number of nitrogens with one attached hydrogen (secondary N) is 2. The van der Waals surface area contributed by atoms with Crippen LogP contribution in [0.4, 0.5) is 11.4 Å². The number of nitrogens with zero attached hydrogens (tertiary/aromatic N) is 1. The SMILES string of the molecule is CC(C)CC(=O)Nc1ccc(NC(=O)c2cccn2Cc2cccs2)cc1. The van der Waals surface area contributed by atoms with E-state index in [0.717, 1.165) is 5.69 Å². The van der Waals surface area contributed by atoms with Gasteiger partial charge < -0.3 is 15.2 Å². The first-order valence-electron chi connectivity index (χ1n) is 8.90. The summed E-state index contributed by atoms with van der Waals surface area (Å²) in [6.45, 7) is 4.69. The van der Waals surface area contributed by atoms with Crippen LogP contribution in [-0.4, -0.2) is 16.4 Å². The molecule has 2 aromatic heterocycles. The Morgan fingerprint density at radius 3 is 2.33 bits per heavy atom. The maximum Gasteiger partial charge on any atom is 0.272 e. The lowest BCUT2D eigenvalue weighted by Gasteiger charge is -2.10. The fraction of sp³-hybridized carbons (Fsp3) is 0.238. The van der Waals surface area contributed by atoms with E-state index in [-0.39, 0.29) is 11.8 Å². The Kier molecular flexibility index (Phi) is 6.08. The van der Waals surface area contributed by atoms with Crippen molar-refractivity contribution in [3.8, 4) is 0 Å². The fourth-order valence-electron chi connectivity index (χ4n) is 2.74. The van der Waals surface area contributed by atoms with Crippen molar-refractivity contribution in [2.24, 2.45) is 5.92 Å². The van der Waals surface area contributed by atoms with Gasteiger partial charge in [0.1, 0.15) is 5.69 Å². The van der Waals surface area contributed by atoms with Crippen molar-refractivity contribution in [2.75, 3.05) is 10.6 Å². The molecule has 0 radical (unpaired) electrons. The van der Waals surface area contributed by atoms with Crippen LogP contribution in [0.15, 0.2) is 60.1 Å². The molecule has 0 fully saturated rings. The van der Waals surface area contributed by atoms with Crippen molar-refractivity contribution in [2.45, 2.75) is 26.8 Å². The van der Waals surface area contributed by atoms with E-state index in [4.69, 9.17) is 0 Å². The maximum atomic E-state index is 12.6. The molecule has 0 saturated heterocycles. The molecule has 5 nitrogen and oxygen atoms in total. The van der Waals surface area contributed by atoms with Gasteiger partial charge in [-0.05, 0) is 53.8 Å². The Morgan fingerprint density at radius 2 is 1.70 bits per heavy atom. The van der Waals surface area contributed by atoms with Gasteiger partial charge in [0, 0.05) is 28.9 Å². The molecule has 140 valence electrons. The number of aromatic nitrogens is 1. The fourth-order valence-corrected chi connectivity index (χ4v) is 3.45. The molecule has 0 bridgehead atoms. The highest BCUT2D eigenvalue weighted by atomic mass is 32.1. The number of amides is 2. The molecule has 2 heterocycles. The second kappa shape index (κ2) is 8.68. The Balaban J connectivity index is 1.61. The number of thiophene rings is 1. The van der Waals surface area contributed by atoms with Crippen LogP contribution in [0.1, 0.15) is 35.6 Å². The first kappa shape index (κ1) is 18.9. The molecule has 3 aromatic rings. The van der Waals surface area contributed by atoms with Crippen LogP contribution < -0.4 is 10.6 Å². The van der Waals surface area contributed by atoms with E-state index in [1.54, 1.807) is 35.6 Å². The molecule has 6 heteroatoms. The predicted molar refractivity (Wildman–Crippen MR) is 110 cm³/mol. The number of hydrogen-bond donors (Lipinski definition) is 2. The maximum absolute atomic E-state index is 12.6. The molecule has 0 aliphatic rings. The van der Waals surface area contributed by atoms with Crippen LogP contribution in [0.25, 0.3) is 0 Å². The van der Waals surface area contributed by atoms with E-state index < -0.39 is 0 Å². The Morgan fingerprint density at radius 1 is 1.00 bits per heavy atom. The zero-order valence-corrected chi connectivity index (χ0v) is 16.3. The molecular weight excluding hydrogens is 358 g/mol. The van der Waals surface area contributed by atoms with E-state index in [1.165, 1.54) is 4.88 Å². The van der Waals surface area contributed by atoms with E-state index in [9.17, 15) is 9.59 Å². The zero-order chi connectivity index (χ0) is 19.2. The minimum Gasteiger partial charge on any atom is -0.338 e. The number of benzene rings is 1. The Hall–Kier alpha value is -2.86. The van der Waals surface area contributed by atoms with Crippen molar-refractivity contribution >= 4 is 34.5 Å². The summed E-state index contributed by atoms with van der Waals surface area (Å²) >= 11 is 1.67. The molecule has 0 aliphatic carbocycles. The van der Waals surface area contributed by atoms with Crippen LogP contribution in [-0.2, 0) is 11.3 Å². The Labute approximate surface area is 163 Å². The standard InChI is InChI=1S/C21H23N3O2S/c1-15(2)13-20(25)22-16-7-9-17(10-8-16)23-21(26)19-6-3-11-24(19)14-18-5-4-12-27-18/h3-12,15H,13-14H2,1-2H3,(H,22,25)(H,23,26). The highest BCUT2D eigenvalue weighted by Gasteiger charge is 2.12. The summed E-state index contributed by atoms with van der Waals surface area (Å²) < 4.78 is 1.93. The highest BCUT2D eigenvalue weighted by molar-refractivity contribution is 7.09. The third kappa shape index (κ3) is 5.31. The molecule has 1 aromatic carbocycles. The van der Waals surface area contributed by atoms with Gasteiger partial charge in [-0.25, -0.2) is 0 Å². The highest BCUT2D eigenvalue weighted by Crippen LogP contribution is 2.17. The van der Waals surface area contributed by atoms with Crippen LogP contribution >= 0.6 is 11.3 Å². The van der Waals surface area contributed by atoms with Gasteiger partial charge in [0.25, 0.3) is 5.91 Å². The van der Waals surface area contributed by atoms with Gasteiger partial charge in [0.15, 0.2) is 0 Å². The predicted octanol–water partition coefficient (Wildman–Crippen LogP) is 4.83. The van der Waals surface area contributed by atoms with Crippen molar-refractivity contribution in [1.82, 2.24) is 4.57 Å². The number of rotatable bonds is 7. The van der Waals surface area contributed by atoms with Gasteiger partial charge in [-0.3, -0.25) is 9.59 Å². The molecule has 2 amide bonds. The average molecular weight is 382 g/mol. The number of anilines is 2. The van der Waals surface area contributed by atoms with Gasteiger partial charge in [-0.1, -0.05) is 19.9 Å². The first-order chi connectivity index (χ1) is 13.0. The first-order valence-corrected chi connectivity index (χ1v) is 9.78. The average Bonchev–Trinajstić information content (AvgIpc) is 3.28. The summed E-state index contributed by atoms with van der Waals surface area (Å²) in [5.41, 5.74) is 2.02. The normalized spacial score (nSPS) is 10.8. The zero-order valence-electron chi connectivity index (χ0n) is 15.4. The van der Waals surface area contributed by atoms with E-state index in [2.05, 4.69) is 16.7 Å². The second-order valence-corrected chi connectivity index (χ2v) is 7.81. The molecule has 2 N–H and O–H groups in total. The van der Waals surface area contributed by atoms with Gasteiger partial charge in [-0.2, -0.15) is 0 Å². The number of carbonyl (C=O) groups excluding carboxylic acids is 2. The second-order valence-electron chi connectivity index (χ2n) is 6.78. The number of carbonyl (C=O) groups is 2. The largest absolute Gasteiger partial charge is 0.338 e. The van der Waals surface area contributed by atoms with Gasteiger partial charge in [-0.15, -0.1) is 11.3 Å². The van der Waals surface area contributed by atoms with E-state index in [1.807, 2.05) is 48.2 Å². The molecule has 3 rings (SSSR count). The number of hydrogen-bond acceptors (Lipinski definition) is 3. The summed E-state index contributed by atoms with van der Waals surface area (Å²) in [5, 5.41) is 7.80. The molecular formula is C21H23N3O2S. The van der Waals surface area contributed by atoms with E-state index in [0.29, 0.717) is 30.3 Å². The summed E-state index contributed by atoms with van der Waals surface area (Å²) in [7, 11) is 0. The molecule has 0 aliphatic heterocycles. The third-order valence-electron chi connectivity index (χ3n) is 3.99. The molecule has 0 unspecified atom stereocenters. The van der Waals surface area contributed by atoms with Gasteiger partial charge in [0.05, 0.1) is 6.54 Å². The van der Waals surface area contributed by atoms with Crippen molar-refractivity contribution in [1.29, 1.82) is 0 Å². The topological polar surface area (TPSA) is 63.1 Å². The summed E-state index contributed by atoms with van der Waals surface area (Å²) in [6.07, 6.45) is 2.39. The summed E-state index contributed by atoms with van der Waals surface area (Å²) in [5.74, 6) is 0.148. The van der Waals surface area contributed by atoms with Crippen molar-refractivity contribution in [3.05, 3.63) is 70.7 Å². The van der Waals surface area contributed by atoms with Crippen LogP contribution in [0.5, 0.6) is 0 Å². The Bertz CT molecular complexity index is 896. The van der Waals surface area contributed by atoms with Gasteiger partial charge >= 0.3 is 0 Å².